The summed E-state index contributed by atoms with van der Waals surface area (Å²) in [4.78, 5) is 29.6. The summed E-state index contributed by atoms with van der Waals surface area (Å²) in [5.74, 6) is -1.52. The third kappa shape index (κ3) is 6.20. The fourth-order valence-electron chi connectivity index (χ4n) is 4.96. The number of nitrogens with zero attached hydrogens (tertiary/aromatic N) is 1. The molecule has 0 radical (unpaired) electrons. The van der Waals surface area contributed by atoms with Crippen LogP contribution in [0.15, 0.2) is 113 Å². The number of aromatic amines is 1. The van der Waals surface area contributed by atoms with Crippen molar-refractivity contribution < 1.29 is 27.5 Å². The second kappa shape index (κ2) is 12.2. The third-order valence-electron chi connectivity index (χ3n) is 7.04. The first kappa shape index (κ1) is 30.1. The highest BCUT2D eigenvalue weighted by molar-refractivity contribution is 9.10. The number of amides is 1. The molecule has 1 aromatic heterocycles. The van der Waals surface area contributed by atoms with Gasteiger partial charge in [0.25, 0.3) is 5.91 Å². The minimum atomic E-state index is -4.62. The Labute approximate surface area is 267 Å². The highest BCUT2D eigenvalue weighted by atomic mass is 79.9. The molecule has 5 aromatic carbocycles. The maximum absolute atomic E-state index is 13.6. The number of esters is 1. The monoisotopic (exact) mass is 689 g/mol. The van der Waals surface area contributed by atoms with Gasteiger partial charge in [0.15, 0.2) is 0 Å². The lowest BCUT2D eigenvalue weighted by Crippen LogP contribution is -2.19. The first-order valence-electron chi connectivity index (χ1n) is 13.4. The molecule has 0 aliphatic carbocycles. The van der Waals surface area contributed by atoms with Crippen LogP contribution >= 0.6 is 27.5 Å². The highest BCUT2D eigenvalue weighted by Crippen LogP contribution is 2.39. The molecule has 2 N–H and O–H groups in total. The van der Waals surface area contributed by atoms with Gasteiger partial charge >= 0.3 is 12.1 Å². The Hall–Kier alpha value is -4.93. The number of fused-ring (bicyclic) bond motifs is 3. The second-order valence-electron chi connectivity index (χ2n) is 9.91. The minimum Gasteiger partial charge on any atom is -0.422 e. The molecule has 1 amide bonds. The number of hydrogen-bond acceptors (Lipinski definition) is 4. The Morgan fingerprint density at radius 2 is 1.67 bits per heavy atom. The summed E-state index contributed by atoms with van der Waals surface area (Å²) in [7, 11) is 0. The largest absolute Gasteiger partial charge is 0.422 e. The van der Waals surface area contributed by atoms with Gasteiger partial charge in [-0.1, -0.05) is 88.2 Å². The van der Waals surface area contributed by atoms with Gasteiger partial charge in [-0.3, -0.25) is 4.79 Å². The van der Waals surface area contributed by atoms with Crippen molar-refractivity contribution in [1.29, 1.82) is 0 Å². The van der Waals surface area contributed by atoms with E-state index in [1.807, 2.05) is 48.5 Å². The van der Waals surface area contributed by atoms with Gasteiger partial charge in [0.2, 0.25) is 0 Å². The summed E-state index contributed by atoms with van der Waals surface area (Å²) in [6, 6.07) is 27.4. The number of nitrogens with one attached hydrogen (secondary N) is 2. The van der Waals surface area contributed by atoms with E-state index < -0.39 is 23.6 Å². The second-order valence-corrected chi connectivity index (χ2v) is 11.2. The fraction of sp³-hybridized carbons (Fsp3) is 0.0294. The number of hydrazone groups is 1. The number of alkyl halides is 3. The number of H-pyrrole nitrogens is 1. The standard InChI is InChI=1S/C34H20BrClF3N3O3/c35-23-13-15-28(45-33(44)20-7-5-8-22(16-20)34(37,38)39)21(17-23)18-40-42-32(43)31-29(25-10-3-4-11-27(25)36)26-14-12-19-6-1-2-9-24(19)30(26)41-31/h1-18,41H,(H,42,43). The average Bonchev–Trinajstić information content (AvgIpc) is 3.42. The number of aromatic nitrogens is 1. The Kier molecular flexibility index (Phi) is 8.18. The van der Waals surface area contributed by atoms with Crippen LogP contribution in [0.2, 0.25) is 5.02 Å². The molecule has 6 aromatic rings. The maximum atomic E-state index is 13.6. The number of benzene rings is 5. The normalized spacial score (nSPS) is 11.8. The molecule has 0 fully saturated rings. The van der Waals surface area contributed by atoms with Crippen molar-refractivity contribution in [3.63, 3.8) is 0 Å². The Balaban J connectivity index is 1.31. The van der Waals surface area contributed by atoms with Crippen molar-refractivity contribution in [3.05, 3.63) is 135 Å². The van der Waals surface area contributed by atoms with Crippen molar-refractivity contribution >= 4 is 67.3 Å². The Morgan fingerprint density at radius 1 is 0.889 bits per heavy atom. The molecule has 0 saturated carbocycles. The van der Waals surface area contributed by atoms with Crippen LogP contribution < -0.4 is 10.2 Å². The van der Waals surface area contributed by atoms with E-state index in [0.29, 0.717) is 20.6 Å². The third-order valence-corrected chi connectivity index (χ3v) is 7.86. The summed E-state index contributed by atoms with van der Waals surface area (Å²) in [6.07, 6.45) is -3.35. The van der Waals surface area contributed by atoms with Gasteiger partial charge in [-0.2, -0.15) is 18.3 Å². The molecule has 0 aliphatic rings. The number of carbonyl (C=O) groups is 2. The van der Waals surface area contributed by atoms with E-state index in [2.05, 4.69) is 31.4 Å². The molecule has 6 rings (SSSR count). The summed E-state index contributed by atoms with van der Waals surface area (Å²) in [5.41, 5.74) is 3.80. The highest BCUT2D eigenvalue weighted by Gasteiger charge is 2.31. The Bertz CT molecular complexity index is 2140. The summed E-state index contributed by atoms with van der Waals surface area (Å²) < 4.78 is 45.5. The number of halogens is 5. The van der Waals surface area contributed by atoms with Gasteiger partial charge in [-0.05, 0) is 47.9 Å². The van der Waals surface area contributed by atoms with Crippen molar-refractivity contribution in [2.45, 2.75) is 6.18 Å². The molecule has 45 heavy (non-hydrogen) atoms. The van der Waals surface area contributed by atoms with E-state index in [1.54, 1.807) is 24.3 Å². The average molecular weight is 691 g/mol. The number of hydrogen-bond donors (Lipinski definition) is 2. The van der Waals surface area contributed by atoms with Crippen LogP contribution in [0.5, 0.6) is 5.75 Å². The molecule has 224 valence electrons. The van der Waals surface area contributed by atoms with Crippen molar-refractivity contribution in [1.82, 2.24) is 10.4 Å². The van der Waals surface area contributed by atoms with Gasteiger partial charge < -0.3 is 9.72 Å². The minimum absolute atomic E-state index is 0.0208. The zero-order chi connectivity index (χ0) is 31.7. The van der Waals surface area contributed by atoms with Crippen LogP contribution in [-0.2, 0) is 6.18 Å². The van der Waals surface area contributed by atoms with Crippen LogP contribution in [0.25, 0.3) is 32.8 Å². The van der Waals surface area contributed by atoms with Gasteiger partial charge in [0, 0.05) is 37.0 Å². The van der Waals surface area contributed by atoms with E-state index in [1.165, 1.54) is 18.3 Å². The first-order valence-corrected chi connectivity index (χ1v) is 14.6. The fourth-order valence-corrected chi connectivity index (χ4v) is 5.57. The Morgan fingerprint density at radius 3 is 2.47 bits per heavy atom. The van der Waals surface area contributed by atoms with Gasteiger partial charge in [-0.15, -0.1) is 0 Å². The number of rotatable bonds is 6. The van der Waals surface area contributed by atoms with E-state index in [-0.39, 0.29) is 22.6 Å². The quantitative estimate of drug-likeness (QED) is 0.0791. The number of carbonyl (C=O) groups excluding carboxylic acids is 2. The lowest BCUT2D eigenvalue weighted by Gasteiger charge is -2.10. The van der Waals surface area contributed by atoms with Crippen molar-refractivity contribution in [3.8, 4) is 16.9 Å². The molecule has 0 saturated heterocycles. The summed E-state index contributed by atoms with van der Waals surface area (Å²) >= 11 is 9.91. The van der Waals surface area contributed by atoms with Crippen LogP contribution in [-0.4, -0.2) is 23.1 Å². The number of ether oxygens (including phenoxy) is 1. The molecule has 6 nitrogen and oxygen atoms in total. The predicted molar refractivity (Wildman–Crippen MR) is 172 cm³/mol. The first-order chi connectivity index (χ1) is 21.6. The van der Waals surface area contributed by atoms with Gasteiger partial charge in [0.05, 0.1) is 22.9 Å². The molecular formula is C34H20BrClF3N3O3. The van der Waals surface area contributed by atoms with Crippen molar-refractivity contribution in [2.24, 2.45) is 5.10 Å². The summed E-state index contributed by atoms with van der Waals surface area (Å²) in [5, 5.41) is 7.27. The van der Waals surface area contributed by atoms with Crippen molar-refractivity contribution in [2.75, 3.05) is 0 Å². The van der Waals surface area contributed by atoms with E-state index in [4.69, 9.17) is 16.3 Å². The topological polar surface area (TPSA) is 83.5 Å². The van der Waals surface area contributed by atoms with Crippen LogP contribution in [0.3, 0.4) is 0 Å². The van der Waals surface area contributed by atoms with E-state index in [9.17, 15) is 22.8 Å². The zero-order valence-corrected chi connectivity index (χ0v) is 25.3. The molecule has 0 atom stereocenters. The molecule has 0 unspecified atom stereocenters. The summed E-state index contributed by atoms with van der Waals surface area (Å²) in [6.45, 7) is 0. The lowest BCUT2D eigenvalue weighted by atomic mass is 9.99. The molecule has 0 spiro atoms. The SMILES string of the molecule is O=C(Oc1ccc(Br)cc1C=NNC(=O)c1[nH]c2c(ccc3ccccc32)c1-c1ccccc1Cl)c1cccc(C(F)(F)F)c1. The molecule has 11 heteroatoms. The molecular weight excluding hydrogens is 671 g/mol. The lowest BCUT2D eigenvalue weighted by molar-refractivity contribution is -0.137. The van der Waals surface area contributed by atoms with Gasteiger partial charge in [0.1, 0.15) is 11.4 Å². The van der Waals surface area contributed by atoms with E-state index in [0.717, 1.165) is 39.9 Å². The molecule has 0 bridgehead atoms. The van der Waals surface area contributed by atoms with Crippen LogP contribution in [0.4, 0.5) is 13.2 Å². The maximum Gasteiger partial charge on any atom is 0.416 e. The molecule has 0 aliphatic heterocycles. The predicted octanol–water partition coefficient (Wildman–Crippen LogP) is 9.41. The van der Waals surface area contributed by atoms with Gasteiger partial charge in [-0.25, -0.2) is 10.2 Å². The van der Waals surface area contributed by atoms with E-state index >= 15 is 0 Å². The molecule has 1 heterocycles. The van der Waals surface area contributed by atoms with Crippen LogP contribution in [0, 0.1) is 0 Å². The zero-order valence-electron chi connectivity index (χ0n) is 23.0. The van der Waals surface area contributed by atoms with Crippen LogP contribution in [0.1, 0.15) is 32.0 Å². The smallest absolute Gasteiger partial charge is 0.416 e.